The summed E-state index contributed by atoms with van der Waals surface area (Å²) in [5.41, 5.74) is 5.35. The summed E-state index contributed by atoms with van der Waals surface area (Å²) < 4.78 is 5.69. The quantitative estimate of drug-likeness (QED) is 0.596. The highest BCUT2D eigenvalue weighted by atomic mass is 16.6. The summed E-state index contributed by atoms with van der Waals surface area (Å²) in [6.07, 6.45) is 3.53. The summed E-state index contributed by atoms with van der Waals surface area (Å²) in [6.45, 7) is 1.24. The third-order valence-corrected chi connectivity index (χ3v) is 3.36. The van der Waals surface area contributed by atoms with E-state index in [1.165, 1.54) is 6.33 Å². The summed E-state index contributed by atoms with van der Waals surface area (Å²) in [6, 6.07) is 0. The lowest BCUT2D eigenvalue weighted by Gasteiger charge is -2.32. The van der Waals surface area contributed by atoms with Gasteiger partial charge in [-0.2, -0.15) is 0 Å². The van der Waals surface area contributed by atoms with Gasteiger partial charge < -0.3 is 15.4 Å². The molecule has 2 unspecified atom stereocenters. The Kier molecular flexibility index (Phi) is 2.51. The summed E-state index contributed by atoms with van der Waals surface area (Å²) in [4.78, 5) is 20.1. The first-order valence-electron chi connectivity index (χ1n) is 5.80. The van der Waals surface area contributed by atoms with Crippen molar-refractivity contribution in [2.24, 2.45) is 0 Å². The van der Waals surface area contributed by atoms with Crippen LogP contribution in [0.15, 0.2) is 6.33 Å². The fourth-order valence-electron chi connectivity index (χ4n) is 2.58. The Labute approximate surface area is 103 Å². The number of aromatic nitrogens is 2. The third kappa shape index (κ3) is 1.74. The van der Waals surface area contributed by atoms with Crippen molar-refractivity contribution in [2.45, 2.75) is 25.0 Å². The normalized spacial score (nSPS) is 26.3. The van der Waals surface area contributed by atoms with E-state index in [0.717, 1.165) is 12.8 Å². The number of fused-ring (bicyclic) bond motifs is 2. The van der Waals surface area contributed by atoms with E-state index in [1.807, 2.05) is 4.90 Å². The van der Waals surface area contributed by atoms with Crippen LogP contribution in [0.3, 0.4) is 0 Å². The van der Waals surface area contributed by atoms with Gasteiger partial charge in [-0.1, -0.05) is 0 Å². The molecule has 1 aromatic heterocycles. The molecule has 2 aliphatic rings. The van der Waals surface area contributed by atoms with Crippen molar-refractivity contribution in [3.8, 4) is 0 Å². The van der Waals surface area contributed by atoms with Gasteiger partial charge in [0.15, 0.2) is 0 Å². The highest BCUT2D eigenvalue weighted by molar-refractivity contribution is 5.68. The zero-order valence-corrected chi connectivity index (χ0v) is 9.65. The molecular formula is C10H13N5O3. The van der Waals surface area contributed by atoms with Crippen molar-refractivity contribution in [3.05, 3.63) is 16.4 Å². The number of nitrogens with two attached hydrogens (primary N) is 1. The fourth-order valence-corrected chi connectivity index (χ4v) is 2.58. The van der Waals surface area contributed by atoms with Gasteiger partial charge >= 0.3 is 5.69 Å². The van der Waals surface area contributed by atoms with Gasteiger partial charge in [0.25, 0.3) is 0 Å². The standard InChI is InChI=1S/C10H13N5O3/c11-9-8(15(16)17)10(13-5-12-9)14-3-6-1-2-7(4-14)18-6/h5-7H,1-4H2,(H2,11,12,13). The molecular weight excluding hydrogens is 238 g/mol. The lowest BCUT2D eigenvalue weighted by atomic mass is 10.2. The summed E-state index contributed by atoms with van der Waals surface area (Å²) in [7, 11) is 0. The van der Waals surface area contributed by atoms with Crippen molar-refractivity contribution >= 4 is 17.3 Å². The number of rotatable bonds is 2. The highest BCUT2D eigenvalue weighted by Gasteiger charge is 2.37. The largest absolute Gasteiger partial charge is 0.378 e. The molecule has 8 heteroatoms. The van der Waals surface area contributed by atoms with Crippen LogP contribution >= 0.6 is 0 Å². The maximum Gasteiger partial charge on any atom is 0.353 e. The van der Waals surface area contributed by atoms with Crippen LogP contribution in [-0.4, -0.2) is 40.2 Å². The first-order chi connectivity index (χ1) is 8.65. The van der Waals surface area contributed by atoms with E-state index < -0.39 is 4.92 Å². The van der Waals surface area contributed by atoms with Crippen molar-refractivity contribution < 1.29 is 9.66 Å². The molecule has 2 aliphatic heterocycles. The Bertz CT molecular complexity index is 482. The van der Waals surface area contributed by atoms with Crippen LogP contribution in [0, 0.1) is 10.1 Å². The van der Waals surface area contributed by atoms with Crippen molar-refractivity contribution in [2.75, 3.05) is 23.7 Å². The predicted molar refractivity (Wildman–Crippen MR) is 63.2 cm³/mol. The average molecular weight is 251 g/mol. The predicted octanol–water partition coefficient (Wildman–Crippen LogP) is 0.335. The number of anilines is 2. The number of nitro groups is 1. The van der Waals surface area contributed by atoms with E-state index in [-0.39, 0.29) is 23.7 Å². The third-order valence-electron chi connectivity index (χ3n) is 3.36. The Morgan fingerprint density at radius 3 is 2.67 bits per heavy atom. The monoisotopic (exact) mass is 251 g/mol. The van der Waals surface area contributed by atoms with E-state index in [9.17, 15) is 10.1 Å². The molecule has 0 spiro atoms. The van der Waals surface area contributed by atoms with Gasteiger partial charge in [0.1, 0.15) is 6.33 Å². The molecule has 0 aromatic carbocycles. The Morgan fingerprint density at radius 2 is 2.06 bits per heavy atom. The van der Waals surface area contributed by atoms with Gasteiger partial charge in [-0.3, -0.25) is 10.1 Å². The van der Waals surface area contributed by atoms with Crippen LogP contribution < -0.4 is 10.6 Å². The number of nitrogen functional groups attached to an aromatic ring is 1. The molecule has 0 radical (unpaired) electrons. The van der Waals surface area contributed by atoms with Gasteiger partial charge in [-0.25, -0.2) is 9.97 Å². The molecule has 18 heavy (non-hydrogen) atoms. The number of nitrogens with zero attached hydrogens (tertiary/aromatic N) is 4. The SMILES string of the molecule is Nc1ncnc(N2CC3CCC(C2)O3)c1[N+](=O)[O-]. The first kappa shape index (κ1) is 11.1. The molecule has 1 aromatic rings. The van der Waals surface area contributed by atoms with E-state index in [4.69, 9.17) is 10.5 Å². The second-order valence-electron chi connectivity index (χ2n) is 4.55. The first-order valence-corrected chi connectivity index (χ1v) is 5.80. The van der Waals surface area contributed by atoms with Crippen LogP contribution in [0.2, 0.25) is 0 Å². The fraction of sp³-hybridized carbons (Fsp3) is 0.600. The molecule has 3 heterocycles. The molecule has 0 saturated carbocycles. The molecule has 3 rings (SSSR count). The number of morpholine rings is 1. The highest BCUT2D eigenvalue weighted by Crippen LogP contribution is 2.34. The van der Waals surface area contributed by atoms with E-state index >= 15 is 0 Å². The lowest BCUT2D eigenvalue weighted by Crippen LogP contribution is -2.43. The van der Waals surface area contributed by atoms with Crippen LogP contribution in [0.5, 0.6) is 0 Å². The lowest BCUT2D eigenvalue weighted by molar-refractivity contribution is -0.383. The molecule has 2 bridgehead atoms. The van der Waals surface area contributed by atoms with Gasteiger partial charge in [-0.05, 0) is 12.8 Å². The molecule has 0 amide bonds. The number of hydrogen-bond donors (Lipinski definition) is 1. The molecule has 2 fully saturated rings. The molecule has 8 nitrogen and oxygen atoms in total. The Balaban J connectivity index is 1.97. The van der Waals surface area contributed by atoms with E-state index in [1.54, 1.807) is 0 Å². The maximum absolute atomic E-state index is 11.1. The Morgan fingerprint density at radius 1 is 1.39 bits per heavy atom. The number of ether oxygens (including phenoxy) is 1. The molecule has 0 aliphatic carbocycles. The van der Waals surface area contributed by atoms with Crippen LogP contribution in [0.1, 0.15) is 12.8 Å². The van der Waals surface area contributed by atoms with Crippen molar-refractivity contribution in [1.29, 1.82) is 0 Å². The molecule has 96 valence electrons. The van der Waals surface area contributed by atoms with Gasteiger partial charge in [0.2, 0.25) is 11.6 Å². The molecule has 2 atom stereocenters. The summed E-state index contributed by atoms with van der Waals surface area (Å²) in [5.74, 6) is 0.205. The van der Waals surface area contributed by atoms with Crippen LogP contribution in [-0.2, 0) is 4.74 Å². The summed E-state index contributed by atoms with van der Waals surface area (Å²) in [5, 5.41) is 11.1. The second kappa shape index (κ2) is 4.05. The van der Waals surface area contributed by atoms with E-state index in [0.29, 0.717) is 18.9 Å². The Hall–Kier alpha value is -1.96. The summed E-state index contributed by atoms with van der Waals surface area (Å²) >= 11 is 0. The smallest absolute Gasteiger partial charge is 0.353 e. The minimum atomic E-state index is -0.526. The van der Waals surface area contributed by atoms with Gasteiger partial charge in [0, 0.05) is 13.1 Å². The van der Waals surface area contributed by atoms with Crippen LogP contribution in [0.25, 0.3) is 0 Å². The molecule has 2 N–H and O–H groups in total. The van der Waals surface area contributed by atoms with Crippen molar-refractivity contribution in [1.82, 2.24) is 9.97 Å². The zero-order valence-electron chi connectivity index (χ0n) is 9.65. The zero-order chi connectivity index (χ0) is 12.7. The van der Waals surface area contributed by atoms with Crippen molar-refractivity contribution in [3.63, 3.8) is 0 Å². The van der Waals surface area contributed by atoms with E-state index in [2.05, 4.69) is 9.97 Å². The minimum absolute atomic E-state index is 0.0937. The topological polar surface area (TPSA) is 107 Å². The second-order valence-corrected chi connectivity index (χ2v) is 4.55. The van der Waals surface area contributed by atoms with Gasteiger partial charge in [-0.15, -0.1) is 0 Å². The van der Waals surface area contributed by atoms with Gasteiger partial charge in [0.05, 0.1) is 17.1 Å². The maximum atomic E-state index is 11.1. The number of hydrogen-bond acceptors (Lipinski definition) is 7. The average Bonchev–Trinajstić information content (AvgIpc) is 2.67. The minimum Gasteiger partial charge on any atom is -0.378 e. The molecule has 2 saturated heterocycles. The van der Waals surface area contributed by atoms with Crippen LogP contribution in [0.4, 0.5) is 17.3 Å².